The predicted octanol–water partition coefficient (Wildman–Crippen LogP) is 2.63. The van der Waals surface area contributed by atoms with Crippen molar-refractivity contribution in [1.82, 2.24) is 20.2 Å². The predicted molar refractivity (Wildman–Crippen MR) is 87.4 cm³/mol. The molecule has 1 heterocycles. The van der Waals surface area contributed by atoms with Crippen LogP contribution >= 0.6 is 11.8 Å². The Bertz CT molecular complexity index is 687. The van der Waals surface area contributed by atoms with Gasteiger partial charge < -0.3 is 9.47 Å². The van der Waals surface area contributed by atoms with E-state index in [1.165, 1.54) is 11.8 Å². The Morgan fingerprint density at radius 3 is 2.48 bits per heavy atom. The van der Waals surface area contributed by atoms with Crippen LogP contribution in [0.2, 0.25) is 0 Å². The number of carbonyl (C=O) groups excluding carboxylic acids is 1. The van der Waals surface area contributed by atoms with Crippen molar-refractivity contribution < 1.29 is 14.3 Å². The first-order valence-corrected chi connectivity index (χ1v) is 8.06. The fourth-order valence-corrected chi connectivity index (χ4v) is 3.02. The highest BCUT2D eigenvalue weighted by molar-refractivity contribution is 8.00. The fraction of sp³-hybridized carbons (Fsp3) is 0.467. The van der Waals surface area contributed by atoms with Gasteiger partial charge in [-0.05, 0) is 49.4 Å². The van der Waals surface area contributed by atoms with Gasteiger partial charge in [0, 0.05) is 5.56 Å². The minimum atomic E-state index is -0.323. The molecule has 0 aliphatic carbocycles. The molecule has 0 fully saturated rings. The number of nitrogens with zero attached hydrogens (tertiary/aromatic N) is 4. The Labute approximate surface area is 139 Å². The van der Waals surface area contributed by atoms with Crippen LogP contribution in [0.4, 0.5) is 0 Å². The van der Waals surface area contributed by atoms with Crippen molar-refractivity contribution >= 4 is 17.5 Å². The van der Waals surface area contributed by atoms with Gasteiger partial charge in [0.05, 0.1) is 25.5 Å². The Morgan fingerprint density at radius 2 is 1.87 bits per heavy atom. The number of aromatic nitrogens is 4. The monoisotopic (exact) mass is 336 g/mol. The van der Waals surface area contributed by atoms with Crippen LogP contribution < -0.4 is 9.47 Å². The average molecular weight is 336 g/mol. The molecule has 0 saturated heterocycles. The van der Waals surface area contributed by atoms with Crippen molar-refractivity contribution in [3.63, 3.8) is 0 Å². The van der Waals surface area contributed by atoms with Crippen LogP contribution in [-0.4, -0.2) is 45.5 Å². The fourth-order valence-electron chi connectivity index (χ4n) is 2.02. The van der Waals surface area contributed by atoms with E-state index in [0.717, 1.165) is 0 Å². The van der Waals surface area contributed by atoms with Crippen molar-refractivity contribution in [1.29, 1.82) is 0 Å². The maximum absolute atomic E-state index is 12.6. The molecular weight excluding hydrogens is 316 g/mol. The molecule has 0 amide bonds. The van der Waals surface area contributed by atoms with Gasteiger partial charge in [0.1, 0.15) is 0 Å². The number of benzene rings is 1. The lowest BCUT2D eigenvalue weighted by Crippen LogP contribution is -2.15. The minimum absolute atomic E-state index is 0.0192. The van der Waals surface area contributed by atoms with Crippen LogP contribution in [0.25, 0.3) is 0 Å². The molecule has 0 aliphatic rings. The summed E-state index contributed by atoms with van der Waals surface area (Å²) >= 11 is 1.34. The highest BCUT2D eigenvalue weighted by Crippen LogP contribution is 2.30. The van der Waals surface area contributed by atoms with Crippen LogP contribution in [0, 0.1) is 0 Å². The van der Waals surface area contributed by atoms with Crippen molar-refractivity contribution in [2.45, 2.75) is 37.2 Å². The molecule has 2 rings (SSSR count). The lowest BCUT2D eigenvalue weighted by atomic mass is 10.1. The number of Topliss-reactive ketones (excluding diaryl/α,β-unsaturated/α-hetero) is 1. The van der Waals surface area contributed by atoms with Gasteiger partial charge in [-0.2, -0.15) is 0 Å². The van der Waals surface area contributed by atoms with E-state index in [4.69, 9.17) is 9.47 Å². The summed E-state index contributed by atoms with van der Waals surface area (Å²) in [5.41, 5.74) is 0.561. The molecule has 23 heavy (non-hydrogen) atoms. The van der Waals surface area contributed by atoms with Crippen LogP contribution in [0.3, 0.4) is 0 Å². The molecule has 0 saturated carbocycles. The average Bonchev–Trinajstić information content (AvgIpc) is 3.01. The number of ketones is 1. The minimum Gasteiger partial charge on any atom is -0.493 e. The van der Waals surface area contributed by atoms with Gasteiger partial charge in [0.15, 0.2) is 17.3 Å². The maximum atomic E-state index is 12.6. The normalized spacial score (nSPS) is 12.3. The zero-order valence-electron chi connectivity index (χ0n) is 13.8. The first-order valence-electron chi connectivity index (χ1n) is 7.18. The molecule has 1 aromatic heterocycles. The molecule has 8 heteroatoms. The lowest BCUT2D eigenvalue weighted by molar-refractivity contribution is 0.0993. The summed E-state index contributed by atoms with van der Waals surface area (Å²) in [5, 5.41) is 11.9. The van der Waals surface area contributed by atoms with Gasteiger partial charge in [-0.1, -0.05) is 11.8 Å². The smallest absolute Gasteiger partial charge is 0.210 e. The van der Waals surface area contributed by atoms with E-state index in [-0.39, 0.29) is 17.1 Å². The number of thioether (sulfide) groups is 1. The van der Waals surface area contributed by atoms with Crippen molar-refractivity contribution in [2.24, 2.45) is 0 Å². The van der Waals surface area contributed by atoms with E-state index >= 15 is 0 Å². The number of tetrazole rings is 1. The van der Waals surface area contributed by atoms with E-state index in [1.807, 2.05) is 20.8 Å². The Balaban J connectivity index is 2.18. The summed E-state index contributed by atoms with van der Waals surface area (Å²) < 4.78 is 12.1. The van der Waals surface area contributed by atoms with Gasteiger partial charge in [-0.3, -0.25) is 4.79 Å². The second-order valence-electron chi connectivity index (χ2n) is 5.19. The SMILES string of the molecule is COc1ccc(C(=O)C(C)Sc2nnnn2C(C)C)cc1OC. The van der Waals surface area contributed by atoms with Crippen molar-refractivity contribution in [3.05, 3.63) is 23.8 Å². The number of rotatable bonds is 7. The molecule has 0 bridgehead atoms. The summed E-state index contributed by atoms with van der Waals surface area (Å²) in [5.74, 6) is 1.10. The van der Waals surface area contributed by atoms with E-state index in [2.05, 4.69) is 15.5 Å². The van der Waals surface area contributed by atoms with E-state index in [1.54, 1.807) is 37.1 Å². The molecule has 2 aromatic rings. The lowest BCUT2D eigenvalue weighted by Gasteiger charge is -2.13. The highest BCUT2D eigenvalue weighted by atomic mass is 32.2. The summed E-state index contributed by atoms with van der Waals surface area (Å²) in [4.78, 5) is 12.6. The van der Waals surface area contributed by atoms with Crippen LogP contribution in [0.15, 0.2) is 23.4 Å². The number of hydrogen-bond donors (Lipinski definition) is 0. The van der Waals surface area contributed by atoms with Gasteiger partial charge in [0.2, 0.25) is 5.16 Å². The van der Waals surface area contributed by atoms with Crippen molar-refractivity contribution in [3.8, 4) is 11.5 Å². The van der Waals surface area contributed by atoms with Gasteiger partial charge in [-0.15, -0.1) is 5.10 Å². The second-order valence-corrected chi connectivity index (χ2v) is 6.50. The molecule has 1 atom stereocenters. The van der Waals surface area contributed by atoms with Crippen LogP contribution in [-0.2, 0) is 0 Å². The summed E-state index contributed by atoms with van der Waals surface area (Å²) in [6, 6.07) is 5.27. The number of ether oxygens (including phenoxy) is 2. The number of hydrogen-bond acceptors (Lipinski definition) is 7. The third kappa shape index (κ3) is 3.82. The first kappa shape index (κ1) is 17.3. The molecule has 1 unspecified atom stereocenters. The third-order valence-electron chi connectivity index (χ3n) is 3.27. The van der Waals surface area contributed by atoms with Crippen LogP contribution in [0.5, 0.6) is 11.5 Å². The molecular formula is C15H20N4O3S. The number of methoxy groups -OCH3 is 2. The topological polar surface area (TPSA) is 79.1 Å². The largest absolute Gasteiger partial charge is 0.493 e. The zero-order valence-corrected chi connectivity index (χ0v) is 14.6. The Kier molecular flexibility index (Phi) is 5.59. The first-order chi connectivity index (χ1) is 11.0. The van der Waals surface area contributed by atoms with Gasteiger partial charge in [0.25, 0.3) is 0 Å². The third-order valence-corrected chi connectivity index (χ3v) is 4.32. The van der Waals surface area contributed by atoms with Gasteiger partial charge >= 0.3 is 0 Å². The van der Waals surface area contributed by atoms with Crippen LogP contribution in [0.1, 0.15) is 37.2 Å². The summed E-state index contributed by atoms with van der Waals surface area (Å²) in [7, 11) is 3.10. The number of carbonyl (C=O) groups is 1. The Morgan fingerprint density at radius 1 is 1.17 bits per heavy atom. The van der Waals surface area contributed by atoms with E-state index < -0.39 is 0 Å². The molecule has 1 aromatic carbocycles. The zero-order chi connectivity index (χ0) is 17.0. The molecule has 0 radical (unpaired) electrons. The summed E-state index contributed by atoms with van der Waals surface area (Å²) in [6.07, 6.45) is 0. The highest BCUT2D eigenvalue weighted by Gasteiger charge is 2.21. The van der Waals surface area contributed by atoms with Gasteiger partial charge in [-0.25, -0.2) is 4.68 Å². The van der Waals surface area contributed by atoms with Crippen molar-refractivity contribution in [2.75, 3.05) is 14.2 Å². The van der Waals surface area contributed by atoms with E-state index in [9.17, 15) is 4.79 Å². The molecule has 7 nitrogen and oxygen atoms in total. The molecule has 124 valence electrons. The quantitative estimate of drug-likeness (QED) is 0.568. The second kappa shape index (κ2) is 7.45. The molecule has 0 aliphatic heterocycles. The Hall–Kier alpha value is -2.09. The standard InChI is InChI=1S/C15H20N4O3S/c1-9(2)19-15(16-17-18-19)23-10(3)14(20)11-6-7-12(21-4)13(8-11)22-5/h6-10H,1-5H3. The van der Waals surface area contributed by atoms with E-state index in [0.29, 0.717) is 22.2 Å². The molecule has 0 spiro atoms. The molecule has 0 N–H and O–H groups in total. The summed E-state index contributed by atoms with van der Waals surface area (Å²) in [6.45, 7) is 5.81. The maximum Gasteiger partial charge on any atom is 0.210 e.